The van der Waals surface area contributed by atoms with Crippen molar-refractivity contribution in [2.75, 3.05) is 27.8 Å². The maximum absolute atomic E-state index is 13.2. The Balaban J connectivity index is 0.000000214. The van der Waals surface area contributed by atoms with E-state index in [1.165, 1.54) is 44.2 Å². The standard InChI is InChI=1S/C15H11F5N2OS.C14H18F2N2OS.C13H8Cl2F2N2OS/c16-11-5-10(6-12(17)13(11)23)22-14(24)21-7-8-1-3-9(4-2-8)15(18,19)20;15-11-6-10(7-12(16)13(11)19)18-14(20)17-8-9-4-2-1-3-5-9;14-6-1-7(15)3-8(2-6)18-13(21)19-9-4-10(16)12(20)11(17)5-9/h1-6,23H,7H2,(H2,21,22,24);6-7,9,19H,1-5,8H2,(H2,17,18,20);1-5,20H,(H2,18,19,21). The summed E-state index contributed by atoms with van der Waals surface area (Å²) in [6, 6.07) is 14.7. The number of hydrogen-bond donors (Lipinski definition) is 9. The maximum Gasteiger partial charge on any atom is 0.416 e. The minimum Gasteiger partial charge on any atom is -0.503 e. The molecule has 1 aliphatic rings. The molecule has 1 saturated carbocycles. The highest BCUT2D eigenvalue weighted by Crippen LogP contribution is 2.30. The van der Waals surface area contributed by atoms with E-state index in [0.717, 1.165) is 55.1 Å². The van der Waals surface area contributed by atoms with Crippen LogP contribution in [-0.2, 0) is 12.7 Å². The molecule has 0 unspecified atom stereocenters. The molecule has 0 radical (unpaired) electrons. The van der Waals surface area contributed by atoms with Gasteiger partial charge in [-0.3, -0.25) is 0 Å². The van der Waals surface area contributed by atoms with Crippen LogP contribution in [0, 0.1) is 40.8 Å². The van der Waals surface area contributed by atoms with Gasteiger partial charge in [0.1, 0.15) is 0 Å². The van der Waals surface area contributed by atoms with Gasteiger partial charge in [-0.05, 0) is 91.3 Å². The third-order valence-electron chi connectivity index (χ3n) is 8.96. The van der Waals surface area contributed by atoms with E-state index in [1.54, 1.807) is 18.2 Å². The summed E-state index contributed by atoms with van der Waals surface area (Å²) in [5, 5.41) is 44.6. The summed E-state index contributed by atoms with van der Waals surface area (Å²) in [4.78, 5) is 0. The molecule has 348 valence electrons. The van der Waals surface area contributed by atoms with Crippen molar-refractivity contribution in [3.8, 4) is 17.2 Å². The van der Waals surface area contributed by atoms with Crippen molar-refractivity contribution in [2.45, 2.75) is 44.8 Å². The van der Waals surface area contributed by atoms with E-state index >= 15 is 0 Å². The van der Waals surface area contributed by atoms with Crippen molar-refractivity contribution in [1.29, 1.82) is 0 Å². The fourth-order valence-electron chi connectivity index (χ4n) is 5.81. The molecule has 65 heavy (non-hydrogen) atoms. The van der Waals surface area contributed by atoms with Crippen molar-refractivity contribution >= 4 is 97.9 Å². The number of aromatic hydroxyl groups is 3. The van der Waals surface area contributed by atoms with E-state index in [4.69, 9.17) is 75.2 Å². The van der Waals surface area contributed by atoms with Gasteiger partial charge in [-0.2, -0.15) is 13.2 Å². The molecule has 5 aromatic rings. The number of anilines is 4. The zero-order valence-electron chi connectivity index (χ0n) is 33.3. The van der Waals surface area contributed by atoms with Crippen LogP contribution in [0.25, 0.3) is 0 Å². The van der Waals surface area contributed by atoms with Crippen molar-refractivity contribution < 1.29 is 54.8 Å². The second kappa shape index (κ2) is 24.2. The maximum atomic E-state index is 13.2. The quantitative estimate of drug-likeness (QED) is 0.0416. The number of rotatable bonds is 8. The van der Waals surface area contributed by atoms with Crippen molar-refractivity contribution in [3.05, 3.63) is 135 Å². The molecule has 23 heteroatoms. The van der Waals surface area contributed by atoms with E-state index < -0.39 is 63.9 Å². The molecule has 0 saturated heterocycles. The van der Waals surface area contributed by atoms with Crippen LogP contribution in [0.5, 0.6) is 17.2 Å². The Morgan fingerprint density at radius 1 is 0.523 bits per heavy atom. The van der Waals surface area contributed by atoms with Gasteiger partial charge in [0.2, 0.25) is 0 Å². The molecule has 0 aliphatic heterocycles. The van der Waals surface area contributed by atoms with E-state index in [1.807, 2.05) is 0 Å². The number of halogens is 11. The number of benzene rings is 5. The van der Waals surface area contributed by atoms with E-state index in [0.29, 0.717) is 32.3 Å². The molecule has 0 heterocycles. The first-order chi connectivity index (χ1) is 30.6. The summed E-state index contributed by atoms with van der Waals surface area (Å²) >= 11 is 26.7. The first-order valence-electron chi connectivity index (χ1n) is 18.9. The second-order valence-electron chi connectivity index (χ2n) is 13.9. The highest BCUT2D eigenvalue weighted by molar-refractivity contribution is 7.81. The average Bonchev–Trinajstić information content (AvgIpc) is 3.22. The van der Waals surface area contributed by atoms with Crippen LogP contribution >= 0.6 is 59.9 Å². The summed E-state index contributed by atoms with van der Waals surface area (Å²) in [6.07, 6.45) is 1.78. The van der Waals surface area contributed by atoms with Crippen LogP contribution in [-0.4, -0.2) is 37.2 Å². The number of alkyl halides is 3. The second-order valence-corrected chi connectivity index (χ2v) is 16.0. The van der Waals surface area contributed by atoms with Gasteiger partial charge in [-0.1, -0.05) is 54.6 Å². The Morgan fingerprint density at radius 3 is 1.26 bits per heavy atom. The monoisotopic (exact) mass is 1010 g/mol. The van der Waals surface area contributed by atoms with Crippen LogP contribution < -0.4 is 31.9 Å². The summed E-state index contributed by atoms with van der Waals surface area (Å²) in [5.41, 5.74) is 0.502. The highest BCUT2D eigenvalue weighted by Gasteiger charge is 2.30. The molecule has 9 N–H and O–H groups in total. The zero-order valence-corrected chi connectivity index (χ0v) is 37.2. The summed E-state index contributed by atoms with van der Waals surface area (Å²) in [5.74, 6) is -9.01. The third kappa shape index (κ3) is 17.1. The summed E-state index contributed by atoms with van der Waals surface area (Å²) < 4.78 is 116. The Kier molecular flexibility index (Phi) is 19.4. The molecule has 0 atom stereocenters. The molecular weight excluding hydrogens is 975 g/mol. The van der Waals surface area contributed by atoms with Gasteiger partial charge in [0, 0.05) is 82.3 Å². The summed E-state index contributed by atoms with van der Waals surface area (Å²) in [7, 11) is 0. The predicted molar refractivity (Wildman–Crippen MR) is 246 cm³/mol. The lowest BCUT2D eigenvalue weighted by Crippen LogP contribution is -2.33. The lowest BCUT2D eigenvalue weighted by Gasteiger charge is -2.22. The van der Waals surface area contributed by atoms with Gasteiger partial charge < -0.3 is 47.2 Å². The van der Waals surface area contributed by atoms with Crippen LogP contribution in [0.15, 0.2) is 78.9 Å². The lowest BCUT2D eigenvalue weighted by molar-refractivity contribution is -0.137. The van der Waals surface area contributed by atoms with Crippen LogP contribution in [0.3, 0.4) is 0 Å². The predicted octanol–water partition coefficient (Wildman–Crippen LogP) is 12.5. The largest absolute Gasteiger partial charge is 0.503 e. The van der Waals surface area contributed by atoms with Gasteiger partial charge in [0.05, 0.1) is 5.56 Å². The Hall–Kier alpha value is -5.48. The number of phenolic OH excluding ortho intramolecular Hbond substituents is 3. The summed E-state index contributed by atoms with van der Waals surface area (Å²) in [6.45, 7) is 0.891. The smallest absolute Gasteiger partial charge is 0.416 e. The van der Waals surface area contributed by atoms with Crippen LogP contribution in [0.1, 0.15) is 43.2 Å². The molecule has 9 nitrogen and oxygen atoms in total. The van der Waals surface area contributed by atoms with Gasteiger partial charge in [0.25, 0.3) is 0 Å². The van der Waals surface area contributed by atoms with Crippen LogP contribution in [0.4, 0.5) is 62.3 Å². The van der Waals surface area contributed by atoms with Crippen molar-refractivity contribution in [1.82, 2.24) is 10.6 Å². The van der Waals surface area contributed by atoms with Gasteiger partial charge in [-0.15, -0.1) is 0 Å². The first kappa shape index (κ1) is 52.1. The Bertz CT molecular complexity index is 2400. The number of hydrogen-bond acceptors (Lipinski definition) is 6. The van der Waals surface area contributed by atoms with E-state index in [9.17, 15) is 39.5 Å². The van der Waals surface area contributed by atoms with Crippen molar-refractivity contribution in [3.63, 3.8) is 0 Å². The molecule has 1 aliphatic carbocycles. The number of nitrogens with one attached hydrogen (secondary N) is 6. The highest BCUT2D eigenvalue weighted by atomic mass is 35.5. The number of thiocarbonyl (C=S) groups is 3. The van der Waals surface area contributed by atoms with Gasteiger partial charge >= 0.3 is 6.18 Å². The van der Waals surface area contributed by atoms with Crippen molar-refractivity contribution in [2.24, 2.45) is 5.92 Å². The topological polar surface area (TPSA) is 133 Å². The minimum absolute atomic E-state index is 0.0133. The lowest BCUT2D eigenvalue weighted by atomic mass is 9.89. The first-order valence-corrected chi connectivity index (χ1v) is 20.9. The molecular formula is C42H37Cl2F9N6O3S3. The molecule has 0 spiro atoms. The third-order valence-corrected chi connectivity index (χ3v) is 10.1. The fourth-order valence-corrected chi connectivity index (χ4v) is 6.96. The minimum atomic E-state index is -4.41. The molecule has 6 rings (SSSR count). The number of phenols is 3. The molecule has 0 aromatic heterocycles. The van der Waals surface area contributed by atoms with Gasteiger partial charge in [0.15, 0.2) is 67.5 Å². The van der Waals surface area contributed by atoms with Gasteiger partial charge in [-0.25, -0.2) is 26.3 Å². The van der Waals surface area contributed by atoms with E-state index in [2.05, 4.69) is 31.9 Å². The average molecular weight is 1010 g/mol. The molecule has 1 fully saturated rings. The Labute approximate surface area is 392 Å². The fraction of sp³-hybridized carbons (Fsp3) is 0.214. The zero-order chi connectivity index (χ0) is 48.0. The molecule has 0 amide bonds. The SMILES string of the molecule is Oc1c(F)cc(NC(=S)NCC2CCCCC2)cc1F.Oc1c(F)cc(NC(=S)NCc2ccc(C(F)(F)F)cc2)cc1F.Oc1c(F)cc(NC(=S)Nc2cc(Cl)cc(Cl)c2)cc1F. The molecule has 0 bridgehead atoms. The Morgan fingerprint density at radius 2 is 0.877 bits per heavy atom. The molecule has 5 aromatic carbocycles. The van der Waals surface area contributed by atoms with E-state index in [-0.39, 0.29) is 33.8 Å². The normalized spacial score (nSPS) is 12.4. The van der Waals surface area contributed by atoms with Crippen LogP contribution in [0.2, 0.25) is 10.0 Å².